The Morgan fingerprint density at radius 1 is 0.414 bits per heavy atom. The molecular formula is C20H38O9. The van der Waals surface area contributed by atoms with Crippen molar-refractivity contribution in [3.05, 3.63) is 24.7 Å². The maximum Gasteiger partial charge on any atom is 0.0862 e. The van der Waals surface area contributed by atoms with Gasteiger partial charge in [-0.25, -0.2) is 0 Å². The first-order chi connectivity index (χ1) is 14.4. The molecule has 0 rings (SSSR count). The van der Waals surface area contributed by atoms with Gasteiger partial charge in [0.25, 0.3) is 0 Å². The van der Waals surface area contributed by atoms with E-state index in [4.69, 9.17) is 43.4 Å². The summed E-state index contributed by atoms with van der Waals surface area (Å²) in [5.41, 5.74) is 0. The number of aliphatic hydroxyl groups is 2. The maximum atomic E-state index is 8.53. The first kappa shape index (κ1) is 28.0. The van der Waals surface area contributed by atoms with Gasteiger partial charge >= 0.3 is 0 Å². The molecule has 0 aromatic carbocycles. The zero-order valence-electron chi connectivity index (χ0n) is 17.4. The predicted molar refractivity (Wildman–Crippen MR) is 108 cm³/mol. The molecule has 0 unspecified atom stereocenters. The van der Waals surface area contributed by atoms with E-state index in [2.05, 4.69) is 0 Å². The summed E-state index contributed by atoms with van der Waals surface area (Å²) in [5.74, 6) is 0. The molecule has 0 aromatic heterocycles. The van der Waals surface area contributed by atoms with Gasteiger partial charge < -0.3 is 43.4 Å². The molecule has 0 aliphatic heterocycles. The number of hydrogen-bond donors (Lipinski definition) is 2. The van der Waals surface area contributed by atoms with Gasteiger partial charge in [-0.1, -0.05) is 0 Å². The monoisotopic (exact) mass is 422 g/mol. The van der Waals surface area contributed by atoms with Crippen LogP contribution in [0.2, 0.25) is 0 Å². The van der Waals surface area contributed by atoms with Gasteiger partial charge in [-0.3, -0.25) is 0 Å². The van der Waals surface area contributed by atoms with Gasteiger partial charge in [-0.2, -0.15) is 0 Å². The van der Waals surface area contributed by atoms with E-state index >= 15 is 0 Å². The minimum Gasteiger partial charge on any atom is -0.473 e. The molecule has 0 aliphatic rings. The van der Waals surface area contributed by atoms with Crippen LogP contribution in [0.25, 0.3) is 0 Å². The van der Waals surface area contributed by atoms with Crippen molar-refractivity contribution in [3.63, 3.8) is 0 Å². The van der Waals surface area contributed by atoms with Gasteiger partial charge in [0, 0.05) is 0 Å². The molecule has 29 heavy (non-hydrogen) atoms. The molecule has 0 saturated carbocycles. The van der Waals surface area contributed by atoms with Crippen LogP contribution in [0, 0.1) is 0 Å². The van der Waals surface area contributed by atoms with E-state index < -0.39 is 0 Å². The van der Waals surface area contributed by atoms with E-state index in [0.717, 1.165) is 12.8 Å². The quantitative estimate of drug-likeness (QED) is 0.173. The lowest BCUT2D eigenvalue weighted by molar-refractivity contribution is 0.00831. The highest BCUT2D eigenvalue weighted by Gasteiger charge is 1.92. The van der Waals surface area contributed by atoms with Gasteiger partial charge in [0.15, 0.2) is 0 Å². The van der Waals surface area contributed by atoms with Gasteiger partial charge in [-0.15, -0.1) is 0 Å². The summed E-state index contributed by atoms with van der Waals surface area (Å²) in [6.07, 6.45) is 8.58. The number of rotatable bonds is 24. The fraction of sp³-hybridized carbons (Fsp3) is 0.800. The van der Waals surface area contributed by atoms with Crippen molar-refractivity contribution >= 4 is 0 Å². The fourth-order valence-electron chi connectivity index (χ4n) is 1.81. The Labute approximate surface area is 174 Å². The largest absolute Gasteiger partial charge is 0.473 e. The summed E-state index contributed by atoms with van der Waals surface area (Å²) in [7, 11) is 0. The van der Waals surface area contributed by atoms with Crippen molar-refractivity contribution in [1.29, 1.82) is 0 Å². The van der Waals surface area contributed by atoms with E-state index in [1.54, 1.807) is 12.5 Å². The summed E-state index contributed by atoms with van der Waals surface area (Å²) < 4.78 is 36.8. The Hall–Kier alpha value is -1.04. The zero-order chi connectivity index (χ0) is 21.1. The van der Waals surface area contributed by atoms with Crippen LogP contribution in [-0.2, 0) is 33.2 Å². The first-order valence-electron chi connectivity index (χ1n) is 10.1. The second-order valence-corrected chi connectivity index (χ2v) is 5.58. The second-order valence-electron chi connectivity index (χ2n) is 5.58. The van der Waals surface area contributed by atoms with Crippen LogP contribution in [0.4, 0.5) is 0 Å². The van der Waals surface area contributed by atoms with Gasteiger partial charge in [0.2, 0.25) is 0 Å². The second kappa shape index (κ2) is 27.0. The molecule has 0 aliphatic carbocycles. The molecule has 0 aromatic rings. The Morgan fingerprint density at radius 2 is 0.724 bits per heavy atom. The molecule has 0 heterocycles. The lowest BCUT2D eigenvalue weighted by Gasteiger charge is -2.05. The SMILES string of the molecule is OCCOCCOCCOCCC=COC=CCCOCCOCCOCCO. The summed E-state index contributed by atoms with van der Waals surface area (Å²) >= 11 is 0. The highest BCUT2D eigenvalue weighted by atomic mass is 16.6. The minimum atomic E-state index is 0.0331. The molecule has 0 saturated heterocycles. The third-order valence-corrected chi connectivity index (χ3v) is 3.17. The topological polar surface area (TPSA) is 105 Å². The summed E-state index contributed by atoms with van der Waals surface area (Å²) in [4.78, 5) is 0. The molecule has 0 spiro atoms. The average Bonchev–Trinajstić information content (AvgIpc) is 2.74. The fourth-order valence-corrected chi connectivity index (χ4v) is 1.81. The average molecular weight is 423 g/mol. The number of ether oxygens (including phenoxy) is 7. The normalized spacial score (nSPS) is 11.8. The van der Waals surface area contributed by atoms with Crippen molar-refractivity contribution in [2.75, 3.05) is 92.5 Å². The highest BCUT2D eigenvalue weighted by molar-refractivity contribution is 4.79. The van der Waals surface area contributed by atoms with Crippen LogP contribution in [0.3, 0.4) is 0 Å². The summed E-state index contributed by atoms with van der Waals surface area (Å²) in [5, 5.41) is 17.1. The van der Waals surface area contributed by atoms with Crippen LogP contribution in [0.15, 0.2) is 24.7 Å². The molecular weight excluding hydrogens is 384 g/mol. The van der Waals surface area contributed by atoms with Crippen molar-refractivity contribution in [3.8, 4) is 0 Å². The standard InChI is InChI=1S/C20H38O9/c21-5-11-26-15-19-28-17-13-24-9-3-1-7-23-8-2-4-10-25-14-18-29-20-16-27-12-6-22/h1-2,7-8,21-22H,3-6,9-20H2. The zero-order valence-corrected chi connectivity index (χ0v) is 17.4. The third kappa shape index (κ3) is 27.0. The Kier molecular flexibility index (Phi) is 26.0. The van der Waals surface area contributed by atoms with E-state index in [1.165, 1.54) is 0 Å². The smallest absolute Gasteiger partial charge is 0.0862 e. The van der Waals surface area contributed by atoms with Crippen molar-refractivity contribution in [1.82, 2.24) is 0 Å². The Balaban J connectivity index is 3.14. The third-order valence-electron chi connectivity index (χ3n) is 3.17. The lowest BCUT2D eigenvalue weighted by Crippen LogP contribution is -2.11. The highest BCUT2D eigenvalue weighted by Crippen LogP contribution is 1.91. The maximum absolute atomic E-state index is 8.53. The van der Waals surface area contributed by atoms with E-state index in [9.17, 15) is 0 Å². The molecule has 0 bridgehead atoms. The van der Waals surface area contributed by atoms with Crippen molar-refractivity contribution in [2.24, 2.45) is 0 Å². The van der Waals surface area contributed by atoms with Crippen LogP contribution < -0.4 is 0 Å². The van der Waals surface area contributed by atoms with Crippen LogP contribution >= 0.6 is 0 Å². The molecule has 9 nitrogen and oxygen atoms in total. The summed E-state index contributed by atoms with van der Waals surface area (Å²) in [6, 6.07) is 0. The summed E-state index contributed by atoms with van der Waals surface area (Å²) in [6.45, 7) is 6.08. The van der Waals surface area contributed by atoms with E-state index in [1.807, 2.05) is 12.2 Å². The van der Waals surface area contributed by atoms with Crippen LogP contribution in [-0.4, -0.2) is 103 Å². The molecule has 2 N–H and O–H groups in total. The molecule has 0 atom stereocenters. The number of aliphatic hydroxyl groups excluding tert-OH is 2. The van der Waals surface area contributed by atoms with Crippen LogP contribution in [0.1, 0.15) is 12.8 Å². The number of hydrogen-bond acceptors (Lipinski definition) is 9. The molecule has 172 valence electrons. The Morgan fingerprint density at radius 3 is 1.07 bits per heavy atom. The van der Waals surface area contributed by atoms with E-state index in [0.29, 0.717) is 79.3 Å². The molecule has 0 radical (unpaired) electrons. The van der Waals surface area contributed by atoms with Crippen molar-refractivity contribution < 1.29 is 43.4 Å². The first-order valence-corrected chi connectivity index (χ1v) is 10.1. The van der Waals surface area contributed by atoms with Gasteiger partial charge in [-0.05, 0) is 25.0 Å². The molecule has 9 heteroatoms. The van der Waals surface area contributed by atoms with Crippen LogP contribution in [0.5, 0.6) is 0 Å². The molecule has 0 fully saturated rings. The lowest BCUT2D eigenvalue weighted by atomic mass is 10.4. The Bertz CT molecular complexity index is 319. The molecule has 0 amide bonds. The van der Waals surface area contributed by atoms with Gasteiger partial charge in [0.1, 0.15) is 0 Å². The predicted octanol–water partition coefficient (Wildman–Crippen LogP) is 0.895. The van der Waals surface area contributed by atoms with Gasteiger partial charge in [0.05, 0.1) is 105 Å². The minimum absolute atomic E-state index is 0.0331. The van der Waals surface area contributed by atoms with Crippen molar-refractivity contribution in [2.45, 2.75) is 12.8 Å². The van der Waals surface area contributed by atoms with E-state index in [-0.39, 0.29) is 13.2 Å².